The fourth-order valence-electron chi connectivity index (χ4n) is 9.02. The molecule has 1 heterocycles. The van der Waals surface area contributed by atoms with E-state index in [1.807, 2.05) is 0 Å². The molecule has 11 aromatic rings. The second-order valence-electron chi connectivity index (χ2n) is 14.9. The Balaban J connectivity index is 1.27. The molecule has 0 N–H and O–H groups in total. The third-order valence-electron chi connectivity index (χ3n) is 11.6. The standard InChI is InChI=1S/C56H38N2/c1-4-19-39(20-5-1)44-26-12-15-31-50(44)56-46(40-21-6-2-7-22-40)32-18-34-54(56)58(55-37-41-23-10-11-27-45(41)47-28-13-14-29-48(47)55)43-35-36-53-51(38-43)49-30-16-17-33-52(49)57(53)42-24-8-3-9-25-42/h1-38H. The summed E-state index contributed by atoms with van der Waals surface area (Å²) in [5.74, 6) is 0. The average Bonchev–Trinajstić information content (AvgIpc) is 3.64. The number of rotatable bonds is 7. The Kier molecular flexibility index (Phi) is 8.19. The SMILES string of the molecule is c1ccc(-c2ccccc2-c2c(-c3ccccc3)cccc2N(c2ccc3c(c2)c2ccccc2n3-c2ccccc2)c2cc3ccccc3c3ccccc23)cc1. The van der Waals surface area contributed by atoms with Crippen molar-refractivity contribution in [1.29, 1.82) is 0 Å². The molecule has 0 aliphatic heterocycles. The van der Waals surface area contributed by atoms with Gasteiger partial charge in [0.15, 0.2) is 0 Å². The molecule has 0 radical (unpaired) electrons. The Morgan fingerprint density at radius 3 is 1.62 bits per heavy atom. The third-order valence-corrected chi connectivity index (χ3v) is 11.6. The first-order chi connectivity index (χ1) is 28.8. The predicted octanol–water partition coefficient (Wildman–Crippen LogP) is 15.6. The molecule has 0 spiro atoms. The zero-order chi connectivity index (χ0) is 38.4. The quantitative estimate of drug-likeness (QED) is 0.148. The van der Waals surface area contributed by atoms with Crippen LogP contribution in [0.25, 0.3) is 82.4 Å². The molecule has 11 rings (SSSR count). The van der Waals surface area contributed by atoms with E-state index in [0.29, 0.717) is 0 Å². The number of hydrogen-bond acceptors (Lipinski definition) is 1. The van der Waals surface area contributed by atoms with E-state index in [9.17, 15) is 0 Å². The van der Waals surface area contributed by atoms with Crippen LogP contribution in [0.2, 0.25) is 0 Å². The first kappa shape index (κ1) is 33.6. The number of anilines is 3. The van der Waals surface area contributed by atoms with Crippen LogP contribution in [0.4, 0.5) is 17.1 Å². The molecule has 2 heteroatoms. The van der Waals surface area contributed by atoms with E-state index in [0.717, 1.165) is 22.7 Å². The highest BCUT2D eigenvalue weighted by Crippen LogP contribution is 2.50. The van der Waals surface area contributed by atoms with Gasteiger partial charge in [-0.25, -0.2) is 0 Å². The summed E-state index contributed by atoms with van der Waals surface area (Å²) in [6.45, 7) is 0. The first-order valence-electron chi connectivity index (χ1n) is 19.9. The van der Waals surface area contributed by atoms with Crippen molar-refractivity contribution in [1.82, 2.24) is 4.57 Å². The molecule has 1 aromatic heterocycles. The number of benzene rings is 10. The van der Waals surface area contributed by atoms with Crippen molar-refractivity contribution in [3.05, 3.63) is 231 Å². The van der Waals surface area contributed by atoms with Gasteiger partial charge in [0.05, 0.1) is 22.4 Å². The smallest absolute Gasteiger partial charge is 0.0546 e. The van der Waals surface area contributed by atoms with E-state index in [1.54, 1.807) is 0 Å². The summed E-state index contributed by atoms with van der Waals surface area (Å²) in [6, 6.07) is 83.9. The minimum atomic E-state index is 1.09. The highest BCUT2D eigenvalue weighted by molar-refractivity contribution is 6.17. The van der Waals surface area contributed by atoms with Crippen LogP contribution in [0.1, 0.15) is 0 Å². The minimum absolute atomic E-state index is 1.09. The molecule has 10 aromatic carbocycles. The van der Waals surface area contributed by atoms with Crippen LogP contribution in [0, 0.1) is 0 Å². The fraction of sp³-hybridized carbons (Fsp3) is 0. The Labute approximate surface area is 338 Å². The predicted molar refractivity (Wildman–Crippen MR) is 247 cm³/mol. The van der Waals surface area contributed by atoms with E-state index in [2.05, 4.69) is 240 Å². The maximum Gasteiger partial charge on any atom is 0.0546 e. The van der Waals surface area contributed by atoms with Crippen LogP contribution >= 0.6 is 0 Å². The second-order valence-corrected chi connectivity index (χ2v) is 14.9. The molecule has 0 atom stereocenters. The molecule has 0 amide bonds. The lowest BCUT2D eigenvalue weighted by Gasteiger charge is -2.31. The van der Waals surface area contributed by atoms with Gasteiger partial charge in [-0.2, -0.15) is 0 Å². The molecule has 0 fully saturated rings. The van der Waals surface area contributed by atoms with E-state index in [1.165, 1.54) is 76.7 Å². The van der Waals surface area contributed by atoms with Gasteiger partial charge < -0.3 is 9.47 Å². The van der Waals surface area contributed by atoms with Crippen molar-refractivity contribution in [2.45, 2.75) is 0 Å². The lowest BCUT2D eigenvalue weighted by atomic mass is 9.87. The molecule has 2 nitrogen and oxygen atoms in total. The Morgan fingerprint density at radius 1 is 0.310 bits per heavy atom. The molecule has 0 unspecified atom stereocenters. The van der Waals surface area contributed by atoms with Gasteiger partial charge in [-0.1, -0.05) is 182 Å². The molecule has 0 aliphatic carbocycles. The molecular formula is C56H38N2. The zero-order valence-corrected chi connectivity index (χ0v) is 31.8. The summed E-state index contributed by atoms with van der Waals surface area (Å²) in [5.41, 5.74) is 13.9. The largest absolute Gasteiger partial charge is 0.309 e. The molecule has 0 aliphatic rings. The topological polar surface area (TPSA) is 8.17 Å². The summed E-state index contributed by atoms with van der Waals surface area (Å²) >= 11 is 0. The molecule has 272 valence electrons. The highest BCUT2D eigenvalue weighted by atomic mass is 15.1. The lowest BCUT2D eigenvalue weighted by molar-refractivity contribution is 1.18. The number of aromatic nitrogens is 1. The number of hydrogen-bond donors (Lipinski definition) is 0. The van der Waals surface area contributed by atoms with Crippen molar-refractivity contribution in [2.24, 2.45) is 0 Å². The van der Waals surface area contributed by atoms with Crippen LogP contribution < -0.4 is 4.90 Å². The lowest BCUT2D eigenvalue weighted by Crippen LogP contribution is -2.13. The Bertz CT molecular complexity index is 3270. The fourth-order valence-corrected chi connectivity index (χ4v) is 9.02. The van der Waals surface area contributed by atoms with Crippen LogP contribution in [0.5, 0.6) is 0 Å². The van der Waals surface area contributed by atoms with Crippen LogP contribution in [0.15, 0.2) is 231 Å². The number of para-hydroxylation sites is 2. The van der Waals surface area contributed by atoms with E-state index < -0.39 is 0 Å². The summed E-state index contributed by atoms with van der Waals surface area (Å²) < 4.78 is 2.39. The Hall–Kier alpha value is -7.68. The molecule has 0 saturated carbocycles. The second kappa shape index (κ2) is 14.1. The average molecular weight is 739 g/mol. The maximum absolute atomic E-state index is 2.52. The van der Waals surface area contributed by atoms with Gasteiger partial charge in [0, 0.05) is 33.1 Å². The van der Waals surface area contributed by atoms with Gasteiger partial charge in [-0.05, 0) is 92.5 Å². The Morgan fingerprint density at radius 2 is 0.862 bits per heavy atom. The van der Waals surface area contributed by atoms with Crippen LogP contribution in [-0.2, 0) is 0 Å². The summed E-state index contributed by atoms with van der Waals surface area (Å²) in [4.78, 5) is 2.52. The van der Waals surface area contributed by atoms with Gasteiger partial charge in [0.2, 0.25) is 0 Å². The van der Waals surface area contributed by atoms with Gasteiger partial charge in [0.25, 0.3) is 0 Å². The van der Waals surface area contributed by atoms with Crippen LogP contribution in [-0.4, -0.2) is 4.57 Å². The number of nitrogens with zero attached hydrogens (tertiary/aromatic N) is 2. The van der Waals surface area contributed by atoms with E-state index in [-0.39, 0.29) is 0 Å². The van der Waals surface area contributed by atoms with Crippen molar-refractivity contribution in [3.8, 4) is 39.1 Å². The van der Waals surface area contributed by atoms with Crippen molar-refractivity contribution in [3.63, 3.8) is 0 Å². The van der Waals surface area contributed by atoms with Gasteiger partial charge >= 0.3 is 0 Å². The monoisotopic (exact) mass is 738 g/mol. The molecule has 0 bridgehead atoms. The van der Waals surface area contributed by atoms with Crippen LogP contribution in [0.3, 0.4) is 0 Å². The van der Waals surface area contributed by atoms with Crippen molar-refractivity contribution >= 4 is 60.4 Å². The molecule has 58 heavy (non-hydrogen) atoms. The van der Waals surface area contributed by atoms with Crippen molar-refractivity contribution < 1.29 is 0 Å². The highest BCUT2D eigenvalue weighted by Gasteiger charge is 2.25. The zero-order valence-electron chi connectivity index (χ0n) is 31.8. The van der Waals surface area contributed by atoms with Crippen molar-refractivity contribution in [2.75, 3.05) is 4.90 Å². The first-order valence-corrected chi connectivity index (χ1v) is 19.9. The van der Waals surface area contributed by atoms with Gasteiger partial charge in [0.1, 0.15) is 0 Å². The summed E-state index contributed by atoms with van der Waals surface area (Å²) in [6.07, 6.45) is 0. The molecule has 0 saturated heterocycles. The normalized spacial score (nSPS) is 11.4. The van der Waals surface area contributed by atoms with Gasteiger partial charge in [-0.15, -0.1) is 0 Å². The minimum Gasteiger partial charge on any atom is -0.309 e. The third kappa shape index (κ3) is 5.57. The van der Waals surface area contributed by atoms with E-state index >= 15 is 0 Å². The van der Waals surface area contributed by atoms with E-state index in [4.69, 9.17) is 0 Å². The summed E-state index contributed by atoms with van der Waals surface area (Å²) in [7, 11) is 0. The number of fused-ring (bicyclic) bond motifs is 6. The maximum atomic E-state index is 2.52. The summed E-state index contributed by atoms with van der Waals surface area (Å²) in [5, 5.41) is 7.30. The van der Waals surface area contributed by atoms with Gasteiger partial charge in [-0.3, -0.25) is 0 Å². The molecular weight excluding hydrogens is 701 g/mol.